The molecule has 1 aromatic carbocycles. The van der Waals surface area contributed by atoms with Gasteiger partial charge in [0, 0.05) is 37.1 Å². The Kier molecular flexibility index (Phi) is 3.36. The van der Waals surface area contributed by atoms with Crippen LogP contribution in [0.2, 0.25) is 0 Å². The van der Waals surface area contributed by atoms with Crippen LogP contribution in [0, 0.1) is 5.92 Å². The lowest BCUT2D eigenvalue weighted by molar-refractivity contribution is 0.0727. The molecule has 1 aromatic heterocycles. The zero-order valence-electron chi connectivity index (χ0n) is 11.5. The van der Waals surface area contributed by atoms with Crippen LogP contribution in [0.5, 0.6) is 0 Å². The Hall–Kier alpha value is -2.01. The van der Waals surface area contributed by atoms with Crippen LogP contribution in [0.25, 0.3) is 11.0 Å². The number of benzene rings is 1. The van der Waals surface area contributed by atoms with Crippen molar-refractivity contribution in [2.45, 2.75) is 19.4 Å². The Labute approximate surface area is 117 Å². The van der Waals surface area contributed by atoms with Crippen LogP contribution in [-0.2, 0) is 0 Å². The monoisotopic (exact) mass is 270 g/mol. The summed E-state index contributed by atoms with van der Waals surface area (Å²) >= 11 is 0. The summed E-state index contributed by atoms with van der Waals surface area (Å²) in [6.07, 6.45) is 4.30. The molecule has 3 rings (SSSR count). The molecule has 1 fully saturated rings. The summed E-state index contributed by atoms with van der Waals surface area (Å²) in [6, 6.07) is 5.60. The van der Waals surface area contributed by atoms with E-state index in [4.69, 9.17) is 5.73 Å². The zero-order valence-corrected chi connectivity index (χ0v) is 11.5. The molecule has 1 aliphatic rings. The van der Waals surface area contributed by atoms with E-state index in [9.17, 15) is 4.79 Å². The molecule has 1 amide bonds. The summed E-state index contributed by atoms with van der Waals surface area (Å²) in [7, 11) is 0. The van der Waals surface area contributed by atoms with Crippen molar-refractivity contribution >= 4 is 16.9 Å². The summed E-state index contributed by atoms with van der Waals surface area (Å²) in [5.74, 6) is 0.501. The number of carbonyl (C=O) groups excluding carboxylic acids is 1. The van der Waals surface area contributed by atoms with Gasteiger partial charge in [0.05, 0.1) is 11.0 Å². The lowest BCUT2D eigenvalue weighted by atomic mass is 10.0. The van der Waals surface area contributed by atoms with Crippen molar-refractivity contribution in [2.75, 3.05) is 13.1 Å². The third kappa shape index (κ3) is 2.14. The quantitative estimate of drug-likeness (QED) is 0.896. The van der Waals surface area contributed by atoms with E-state index in [-0.39, 0.29) is 11.9 Å². The Morgan fingerprint density at radius 2 is 2.10 bits per heavy atom. The molecule has 20 heavy (non-hydrogen) atoms. The fraction of sp³-hybridized carbons (Fsp3) is 0.400. The number of carbonyl (C=O) groups is 1. The molecular formula is C15H18N4O. The molecule has 5 heteroatoms. The first kappa shape index (κ1) is 13.0. The second-order valence-electron chi connectivity index (χ2n) is 5.33. The Morgan fingerprint density at radius 3 is 2.85 bits per heavy atom. The van der Waals surface area contributed by atoms with Crippen LogP contribution in [0.4, 0.5) is 0 Å². The number of amides is 1. The topological polar surface area (TPSA) is 72.1 Å². The Morgan fingerprint density at radius 1 is 1.35 bits per heavy atom. The van der Waals surface area contributed by atoms with E-state index in [2.05, 4.69) is 16.9 Å². The summed E-state index contributed by atoms with van der Waals surface area (Å²) in [5.41, 5.74) is 8.01. The van der Waals surface area contributed by atoms with E-state index in [0.29, 0.717) is 18.0 Å². The Bertz CT molecular complexity index is 643. The van der Waals surface area contributed by atoms with Crippen molar-refractivity contribution < 1.29 is 4.79 Å². The van der Waals surface area contributed by atoms with Crippen molar-refractivity contribution in [3.8, 4) is 0 Å². The summed E-state index contributed by atoms with van der Waals surface area (Å²) < 4.78 is 0. The third-order valence-electron chi connectivity index (χ3n) is 4.10. The van der Waals surface area contributed by atoms with Crippen molar-refractivity contribution in [3.63, 3.8) is 0 Å². The molecule has 1 aliphatic heterocycles. The van der Waals surface area contributed by atoms with Crippen LogP contribution < -0.4 is 5.73 Å². The molecule has 0 bridgehead atoms. The molecule has 104 valence electrons. The molecule has 2 atom stereocenters. The predicted molar refractivity (Wildman–Crippen MR) is 77.2 cm³/mol. The van der Waals surface area contributed by atoms with Gasteiger partial charge < -0.3 is 10.6 Å². The minimum Gasteiger partial charge on any atom is -0.334 e. The van der Waals surface area contributed by atoms with Crippen molar-refractivity contribution in [1.82, 2.24) is 14.9 Å². The zero-order chi connectivity index (χ0) is 14.1. The average molecular weight is 270 g/mol. The van der Waals surface area contributed by atoms with Crippen LogP contribution in [0.1, 0.15) is 23.7 Å². The van der Waals surface area contributed by atoms with Crippen LogP contribution in [0.3, 0.4) is 0 Å². The van der Waals surface area contributed by atoms with Crippen molar-refractivity contribution in [1.29, 1.82) is 0 Å². The molecule has 2 N–H and O–H groups in total. The molecule has 0 radical (unpaired) electrons. The lowest BCUT2D eigenvalue weighted by Crippen LogP contribution is -2.42. The largest absolute Gasteiger partial charge is 0.334 e. The highest BCUT2D eigenvalue weighted by Crippen LogP contribution is 2.25. The maximum absolute atomic E-state index is 12.6. The SMILES string of the molecule is CC1CCN(C(=O)c2ccc3nccnc3c2)C1CN. The first-order chi connectivity index (χ1) is 9.70. The highest BCUT2D eigenvalue weighted by molar-refractivity contribution is 5.97. The summed E-state index contributed by atoms with van der Waals surface area (Å²) in [4.78, 5) is 23.0. The molecule has 2 aromatic rings. The fourth-order valence-corrected chi connectivity index (χ4v) is 2.88. The highest BCUT2D eigenvalue weighted by atomic mass is 16.2. The van der Waals surface area contributed by atoms with E-state index >= 15 is 0 Å². The number of rotatable bonds is 2. The van der Waals surface area contributed by atoms with Crippen molar-refractivity contribution in [2.24, 2.45) is 11.7 Å². The Balaban J connectivity index is 1.92. The van der Waals surface area contributed by atoms with Crippen LogP contribution >= 0.6 is 0 Å². The molecule has 2 heterocycles. The van der Waals surface area contributed by atoms with Gasteiger partial charge in [-0.25, -0.2) is 0 Å². The van der Waals surface area contributed by atoms with Gasteiger partial charge in [0.1, 0.15) is 0 Å². The van der Waals surface area contributed by atoms with Gasteiger partial charge in [-0.15, -0.1) is 0 Å². The standard InChI is InChI=1S/C15H18N4O/c1-10-4-7-19(14(10)9-16)15(20)11-2-3-12-13(8-11)18-6-5-17-12/h2-3,5-6,8,10,14H,4,7,9,16H2,1H3. The molecule has 0 saturated carbocycles. The highest BCUT2D eigenvalue weighted by Gasteiger charge is 2.33. The summed E-state index contributed by atoms with van der Waals surface area (Å²) in [5, 5.41) is 0. The molecule has 1 saturated heterocycles. The average Bonchev–Trinajstić information content (AvgIpc) is 2.86. The maximum Gasteiger partial charge on any atom is 0.254 e. The molecular weight excluding hydrogens is 252 g/mol. The van der Waals surface area contributed by atoms with Gasteiger partial charge in [-0.2, -0.15) is 0 Å². The molecule has 0 spiro atoms. The van der Waals surface area contributed by atoms with Gasteiger partial charge in [0.25, 0.3) is 5.91 Å². The molecule has 0 aliphatic carbocycles. The number of nitrogens with two attached hydrogens (primary N) is 1. The van der Waals surface area contributed by atoms with Crippen LogP contribution in [0.15, 0.2) is 30.6 Å². The number of nitrogens with zero attached hydrogens (tertiary/aromatic N) is 3. The normalized spacial score (nSPS) is 22.4. The van der Waals surface area contributed by atoms with Gasteiger partial charge in [0.2, 0.25) is 0 Å². The molecule has 2 unspecified atom stereocenters. The van der Waals surface area contributed by atoms with Gasteiger partial charge in [0.15, 0.2) is 0 Å². The summed E-state index contributed by atoms with van der Waals surface area (Å²) in [6.45, 7) is 3.44. The maximum atomic E-state index is 12.6. The second-order valence-corrected chi connectivity index (χ2v) is 5.33. The van der Waals surface area contributed by atoms with Gasteiger partial charge >= 0.3 is 0 Å². The van der Waals surface area contributed by atoms with Crippen molar-refractivity contribution in [3.05, 3.63) is 36.2 Å². The first-order valence-corrected chi connectivity index (χ1v) is 6.92. The minimum atomic E-state index is 0.0392. The predicted octanol–water partition coefficient (Wildman–Crippen LogP) is 1.44. The lowest BCUT2D eigenvalue weighted by Gasteiger charge is -2.25. The number of hydrogen-bond donors (Lipinski definition) is 1. The van der Waals surface area contributed by atoms with Gasteiger partial charge in [-0.05, 0) is 30.5 Å². The number of aromatic nitrogens is 2. The molecule has 5 nitrogen and oxygen atoms in total. The second kappa shape index (κ2) is 5.17. The minimum absolute atomic E-state index is 0.0392. The smallest absolute Gasteiger partial charge is 0.254 e. The van der Waals surface area contributed by atoms with E-state index in [1.807, 2.05) is 17.0 Å². The number of fused-ring (bicyclic) bond motifs is 1. The fourth-order valence-electron chi connectivity index (χ4n) is 2.88. The third-order valence-corrected chi connectivity index (χ3v) is 4.10. The number of likely N-dealkylation sites (tertiary alicyclic amines) is 1. The van der Waals surface area contributed by atoms with Crippen LogP contribution in [-0.4, -0.2) is 39.9 Å². The van der Waals surface area contributed by atoms with Gasteiger partial charge in [-0.1, -0.05) is 6.92 Å². The van der Waals surface area contributed by atoms with E-state index in [0.717, 1.165) is 24.0 Å². The van der Waals surface area contributed by atoms with E-state index in [1.165, 1.54) is 0 Å². The van der Waals surface area contributed by atoms with E-state index in [1.54, 1.807) is 18.5 Å². The number of hydrogen-bond acceptors (Lipinski definition) is 4. The first-order valence-electron chi connectivity index (χ1n) is 6.92. The van der Waals surface area contributed by atoms with E-state index < -0.39 is 0 Å². The van der Waals surface area contributed by atoms with Gasteiger partial charge in [-0.3, -0.25) is 14.8 Å².